The van der Waals surface area contributed by atoms with Crippen LogP contribution in [0.5, 0.6) is 0 Å². The minimum atomic E-state index is -0.645. The van der Waals surface area contributed by atoms with Gasteiger partial charge in [0.2, 0.25) is 5.91 Å². The van der Waals surface area contributed by atoms with Crippen LogP contribution in [0.2, 0.25) is 5.02 Å². The van der Waals surface area contributed by atoms with Gasteiger partial charge in [0.1, 0.15) is 11.9 Å². The fourth-order valence-electron chi connectivity index (χ4n) is 2.70. The van der Waals surface area contributed by atoms with Crippen molar-refractivity contribution in [3.8, 4) is 0 Å². The van der Waals surface area contributed by atoms with Gasteiger partial charge in [-0.3, -0.25) is 4.79 Å². The lowest BCUT2D eigenvalue weighted by Gasteiger charge is -2.21. The molecule has 0 aliphatic heterocycles. The predicted molar refractivity (Wildman–Crippen MR) is 108 cm³/mol. The molecule has 150 valence electrons. The smallest absolute Gasteiger partial charge is 0.315 e. The molecule has 2 rings (SSSR count). The number of hydrogen-bond donors (Lipinski definition) is 3. The molecular formula is C21H25ClFN3O2. The van der Waals surface area contributed by atoms with E-state index in [0.717, 1.165) is 17.5 Å². The van der Waals surface area contributed by atoms with E-state index in [4.69, 9.17) is 11.6 Å². The number of carbonyl (C=O) groups is 2. The molecule has 3 amide bonds. The molecule has 0 aromatic heterocycles. The second-order valence-electron chi connectivity index (χ2n) is 6.58. The van der Waals surface area contributed by atoms with Crippen molar-refractivity contribution in [2.24, 2.45) is 0 Å². The van der Waals surface area contributed by atoms with Crippen LogP contribution in [0.25, 0.3) is 0 Å². The van der Waals surface area contributed by atoms with E-state index in [1.807, 2.05) is 26.0 Å². The van der Waals surface area contributed by atoms with E-state index in [-0.39, 0.29) is 24.3 Å². The number of amides is 3. The van der Waals surface area contributed by atoms with Crippen molar-refractivity contribution in [2.75, 3.05) is 0 Å². The Morgan fingerprint density at radius 2 is 1.68 bits per heavy atom. The van der Waals surface area contributed by atoms with E-state index in [0.29, 0.717) is 11.4 Å². The minimum Gasteiger partial charge on any atom is -0.348 e. The zero-order valence-corrected chi connectivity index (χ0v) is 16.7. The van der Waals surface area contributed by atoms with Crippen LogP contribution >= 0.6 is 11.6 Å². The normalized spacial score (nSPS) is 12.7. The van der Waals surface area contributed by atoms with E-state index >= 15 is 0 Å². The number of nitrogens with one attached hydrogen (secondary N) is 3. The first-order valence-corrected chi connectivity index (χ1v) is 9.61. The first-order valence-electron chi connectivity index (χ1n) is 9.23. The van der Waals surface area contributed by atoms with E-state index in [1.165, 1.54) is 12.1 Å². The van der Waals surface area contributed by atoms with Crippen LogP contribution in [-0.2, 0) is 11.3 Å². The van der Waals surface area contributed by atoms with E-state index in [9.17, 15) is 14.0 Å². The summed E-state index contributed by atoms with van der Waals surface area (Å²) in [5.74, 6) is -0.580. The Morgan fingerprint density at radius 1 is 1.04 bits per heavy atom. The van der Waals surface area contributed by atoms with Crippen molar-refractivity contribution in [2.45, 2.75) is 45.3 Å². The summed E-state index contributed by atoms with van der Waals surface area (Å²) >= 11 is 5.89. The lowest BCUT2D eigenvalue weighted by Crippen LogP contribution is -2.50. The number of urea groups is 1. The number of benzene rings is 2. The molecule has 5 nitrogen and oxygen atoms in total. The average molecular weight is 406 g/mol. The first kappa shape index (κ1) is 21.7. The highest BCUT2D eigenvalue weighted by Crippen LogP contribution is 2.16. The van der Waals surface area contributed by atoms with E-state index in [1.54, 1.807) is 24.3 Å². The topological polar surface area (TPSA) is 70.2 Å². The van der Waals surface area contributed by atoms with Gasteiger partial charge in [-0.05, 0) is 48.7 Å². The number of hydrogen-bond acceptors (Lipinski definition) is 2. The van der Waals surface area contributed by atoms with Gasteiger partial charge >= 0.3 is 6.03 Å². The van der Waals surface area contributed by atoms with Crippen LogP contribution in [0, 0.1) is 5.82 Å². The number of carbonyl (C=O) groups excluding carboxylic acids is 2. The van der Waals surface area contributed by atoms with Gasteiger partial charge in [-0.1, -0.05) is 49.2 Å². The summed E-state index contributed by atoms with van der Waals surface area (Å²) in [6.45, 7) is 4.06. The quantitative estimate of drug-likeness (QED) is 0.612. The van der Waals surface area contributed by atoms with E-state index in [2.05, 4.69) is 16.0 Å². The molecule has 3 N–H and O–H groups in total. The summed E-state index contributed by atoms with van der Waals surface area (Å²) in [5.41, 5.74) is 1.69. The Kier molecular flexibility index (Phi) is 8.26. The Labute approximate surface area is 169 Å². The van der Waals surface area contributed by atoms with Crippen molar-refractivity contribution in [3.05, 3.63) is 70.5 Å². The molecule has 0 aliphatic carbocycles. The molecule has 0 unspecified atom stereocenters. The van der Waals surface area contributed by atoms with Crippen LogP contribution in [0.1, 0.15) is 43.9 Å². The molecule has 0 fully saturated rings. The number of rotatable bonds is 8. The van der Waals surface area contributed by atoms with Gasteiger partial charge < -0.3 is 16.0 Å². The van der Waals surface area contributed by atoms with Crippen LogP contribution in [0.15, 0.2) is 48.5 Å². The SMILES string of the molecule is CCC[C@@H](NC(=O)NCc1ccc(F)cc1)C(=O)N[C@H](C)c1ccc(Cl)cc1. The summed E-state index contributed by atoms with van der Waals surface area (Å²) < 4.78 is 12.9. The van der Waals surface area contributed by atoms with Crippen LogP contribution in [0.3, 0.4) is 0 Å². The van der Waals surface area contributed by atoms with Crippen LogP contribution in [0.4, 0.5) is 9.18 Å². The lowest BCUT2D eigenvalue weighted by atomic mass is 10.1. The zero-order valence-electron chi connectivity index (χ0n) is 16.0. The third kappa shape index (κ3) is 6.85. The Bertz CT molecular complexity index is 781. The monoisotopic (exact) mass is 405 g/mol. The maximum Gasteiger partial charge on any atom is 0.315 e. The fourth-order valence-corrected chi connectivity index (χ4v) is 2.83. The van der Waals surface area contributed by atoms with Crippen molar-refractivity contribution >= 4 is 23.5 Å². The molecule has 0 spiro atoms. The molecule has 2 aromatic rings. The molecule has 0 heterocycles. The van der Waals surface area contributed by atoms with Crippen molar-refractivity contribution in [1.82, 2.24) is 16.0 Å². The first-order chi connectivity index (χ1) is 13.4. The van der Waals surface area contributed by atoms with Gasteiger partial charge in [0.25, 0.3) is 0 Å². The molecular weight excluding hydrogens is 381 g/mol. The van der Waals surface area contributed by atoms with Gasteiger partial charge in [0.15, 0.2) is 0 Å². The largest absolute Gasteiger partial charge is 0.348 e. The second kappa shape index (κ2) is 10.7. The lowest BCUT2D eigenvalue weighted by molar-refractivity contribution is -0.123. The Morgan fingerprint density at radius 3 is 2.29 bits per heavy atom. The summed E-state index contributed by atoms with van der Waals surface area (Å²) in [6.07, 6.45) is 1.26. The standard InChI is InChI=1S/C21H25ClFN3O2/c1-3-4-19(20(27)25-14(2)16-7-9-17(22)10-8-16)26-21(28)24-13-15-5-11-18(23)12-6-15/h5-12,14,19H,3-4,13H2,1-2H3,(H,25,27)(H2,24,26,28)/t14-,19-/m1/s1. The summed E-state index contributed by atoms with van der Waals surface area (Å²) in [6, 6.07) is 11.8. The third-order valence-corrected chi connectivity index (χ3v) is 4.55. The van der Waals surface area contributed by atoms with Crippen molar-refractivity contribution < 1.29 is 14.0 Å². The highest BCUT2D eigenvalue weighted by molar-refractivity contribution is 6.30. The van der Waals surface area contributed by atoms with Crippen LogP contribution in [-0.4, -0.2) is 18.0 Å². The number of halogens is 2. The molecule has 0 bridgehead atoms. The molecule has 2 aromatic carbocycles. The van der Waals surface area contributed by atoms with Gasteiger partial charge in [-0.2, -0.15) is 0 Å². The molecule has 0 saturated heterocycles. The van der Waals surface area contributed by atoms with Crippen molar-refractivity contribution in [3.63, 3.8) is 0 Å². The highest BCUT2D eigenvalue weighted by Gasteiger charge is 2.21. The molecule has 0 radical (unpaired) electrons. The van der Waals surface area contributed by atoms with Gasteiger partial charge in [0, 0.05) is 11.6 Å². The maximum absolute atomic E-state index is 12.9. The van der Waals surface area contributed by atoms with Gasteiger partial charge in [-0.25, -0.2) is 9.18 Å². The summed E-state index contributed by atoms with van der Waals surface area (Å²) in [7, 11) is 0. The fraction of sp³-hybridized carbons (Fsp3) is 0.333. The highest BCUT2D eigenvalue weighted by atomic mass is 35.5. The Balaban J connectivity index is 1.89. The summed E-state index contributed by atoms with van der Waals surface area (Å²) in [5, 5.41) is 8.94. The maximum atomic E-state index is 12.9. The minimum absolute atomic E-state index is 0.215. The second-order valence-corrected chi connectivity index (χ2v) is 7.01. The molecule has 28 heavy (non-hydrogen) atoms. The van der Waals surface area contributed by atoms with Crippen LogP contribution < -0.4 is 16.0 Å². The van der Waals surface area contributed by atoms with Gasteiger partial charge in [-0.15, -0.1) is 0 Å². The van der Waals surface area contributed by atoms with E-state index < -0.39 is 12.1 Å². The molecule has 0 aliphatic rings. The van der Waals surface area contributed by atoms with Crippen molar-refractivity contribution in [1.29, 1.82) is 0 Å². The third-order valence-electron chi connectivity index (χ3n) is 4.29. The molecule has 2 atom stereocenters. The van der Waals surface area contributed by atoms with Gasteiger partial charge in [0.05, 0.1) is 6.04 Å². The zero-order chi connectivity index (χ0) is 20.5. The predicted octanol–water partition coefficient (Wildman–Crippen LogP) is 4.32. The average Bonchev–Trinajstić information content (AvgIpc) is 2.67. The molecule has 0 saturated carbocycles. The molecule has 7 heteroatoms. The summed E-state index contributed by atoms with van der Waals surface area (Å²) in [4.78, 5) is 24.8. The Hall–Kier alpha value is -2.60.